The minimum Gasteiger partial charge on any atom is -0.480 e. The van der Waals surface area contributed by atoms with Gasteiger partial charge in [0, 0.05) is 26.8 Å². The predicted molar refractivity (Wildman–Crippen MR) is 77.7 cm³/mol. The average molecular weight is 299 g/mol. The fourth-order valence-electron chi connectivity index (χ4n) is 1.83. The Balaban J connectivity index is 4.58. The van der Waals surface area contributed by atoms with Crippen LogP contribution in [-0.2, 0) is 9.53 Å². The Morgan fingerprint density at radius 3 is 2.57 bits per heavy atom. The molecule has 0 spiro atoms. The lowest BCUT2D eigenvalue weighted by atomic mass is 10.1. The molecule has 7 nitrogen and oxygen atoms in total. The fourth-order valence-corrected chi connectivity index (χ4v) is 1.83. The van der Waals surface area contributed by atoms with Crippen molar-refractivity contribution in [1.29, 1.82) is 5.26 Å². The van der Waals surface area contributed by atoms with Crippen molar-refractivity contribution in [2.75, 3.05) is 26.8 Å². The Labute approximate surface area is 125 Å². The third-order valence-corrected chi connectivity index (χ3v) is 2.80. The third-order valence-electron chi connectivity index (χ3n) is 2.80. The number of ether oxygens (including phenoxy) is 1. The van der Waals surface area contributed by atoms with Crippen LogP contribution in [0.25, 0.3) is 0 Å². The Hall–Kier alpha value is -1.81. The van der Waals surface area contributed by atoms with Crippen LogP contribution in [0.15, 0.2) is 0 Å². The molecule has 0 aliphatic carbocycles. The zero-order valence-corrected chi connectivity index (χ0v) is 13.0. The molecule has 120 valence electrons. The standard InChI is InChI=1S/C14H25N3O4/c1-11(2)10-17(8-5-7-15)14(20)16-12(13(18)19)6-4-9-21-3/h11-12H,4-6,8-10H2,1-3H3,(H,16,20)(H,18,19). The van der Waals surface area contributed by atoms with E-state index in [0.29, 0.717) is 32.5 Å². The minimum absolute atomic E-state index is 0.224. The van der Waals surface area contributed by atoms with Crippen LogP contribution in [0.2, 0.25) is 0 Å². The van der Waals surface area contributed by atoms with Crippen molar-refractivity contribution in [3.05, 3.63) is 0 Å². The van der Waals surface area contributed by atoms with Crippen LogP contribution in [0, 0.1) is 17.2 Å². The normalized spacial score (nSPS) is 11.8. The van der Waals surface area contributed by atoms with Gasteiger partial charge in [0.2, 0.25) is 0 Å². The van der Waals surface area contributed by atoms with E-state index in [2.05, 4.69) is 5.32 Å². The number of carbonyl (C=O) groups is 2. The predicted octanol–water partition coefficient (Wildman–Crippen LogP) is 1.45. The first-order valence-corrected chi connectivity index (χ1v) is 7.06. The highest BCUT2D eigenvalue weighted by Gasteiger charge is 2.23. The third kappa shape index (κ3) is 8.87. The van der Waals surface area contributed by atoms with Crippen molar-refractivity contribution >= 4 is 12.0 Å². The molecule has 0 heterocycles. The summed E-state index contributed by atoms with van der Waals surface area (Å²) in [5.41, 5.74) is 0. The maximum Gasteiger partial charge on any atom is 0.326 e. The van der Waals surface area contributed by atoms with Gasteiger partial charge in [0.15, 0.2) is 0 Å². The van der Waals surface area contributed by atoms with Gasteiger partial charge in [0.1, 0.15) is 6.04 Å². The number of nitriles is 1. The molecular weight excluding hydrogens is 274 g/mol. The summed E-state index contributed by atoms with van der Waals surface area (Å²) in [6.07, 6.45) is 1.08. The van der Waals surface area contributed by atoms with Crippen molar-refractivity contribution in [3.63, 3.8) is 0 Å². The molecular formula is C14H25N3O4. The SMILES string of the molecule is COCCCC(NC(=O)N(CCC#N)CC(C)C)C(=O)O. The van der Waals surface area contributed by atoms with Gasteiger partial charge in [-0.3, -0.25) is 0 Å². The lowest BCUT2D eigenvalue weighted by Crippen LogP contribution is -2.49. The second-order valence-corrected chi connectivity index (χ2v) is 5.22. The molecule has 2 amide bonds. The highest BCUT2D eigenvalue weighted by atomic mass is 16.5. The highest BCUT2D eigenvalue weighted by Crippen LogP contribution is 2.04. The second kappa shape index (κ2) is 10.9. The molecule has 21 heavy (non-hydrogen) atoms. The van der Waals surface area contributed by atoms with Crippen LogP contribution < -0.4 is 5.32 Å². The van der Waals surface area contributed by atoms with Crippen LogP contribution in [0.1, 0.15) is 33.1 Å². The van der Waals surface area contributed by atoms with E-state index in [0.717, 1.165) is 0 Å². The molecule has 7 heteroatoms. The number of aliphatic carboxylic acids is 1. The summed E-state index contributed by atoms with van der Waals surface area (Å²) < 4.78 is 4.88. The molecule has 0 saturated carbocycles. The molecule has 0 bridgehead atoms. The van der Waals surface area contributed by atoms with Crippen LogP contribution >= 0.6 is 0 Å². The van der Waals surface area contributed by atoms with E-state index in [1.165, 1.54) is 4.90 Å². The Bertz CT molecular complexity index is 366. The van der Waals surface area contributed by atoms with Gasteiger partial charge in [-0.15, -0.1) is 0 Å². The lowest BCUT2D eigenvalue weighted by molar-refractivity contribution is -0.139. The molecule has 0 saturated heterocycles. The van der Waals surface area contributed by atoms with Crippen molar-refractivity contribution in [3.8, 4) is 6.07 Å². The first kappa shape index (κ1) is 19.2. The maximum absolute atomic E-state index is 12.1. The Morgan fingerprint density at radius 2 is 2.10 bits per heavy atom. The summed E-state index contributed by atoms with van der Waals surface area (Å²) in [7, 11) is 1.54. The van der Waals surface area contributed by atoms with Gasteiger partial charge in [-0.1, -0.05) is 13.8 Å². The first-order chi connectivity index (χ1) is 9.92. The number of amides is 2. The van der Waals surface area contributed by atoms with E-state index in [1.807, 2.05) is 19.9 Å². The summed E-state index contributed by atoms with van der Waals surface area (Å²) in [6.45, 7) is 5.15. The Morgan fingerprint density at radius 1 is 1.43 bits per heavy atom. The number of rotatable bonds is 10. The summed E-state index contributed by atoms with van der Waals surface area (Å²) in [5.74, 6) is -0.824. The number of methoxy groups -OCH3 is 1. The highest BCUT2D eigenvalue weighted by molar-refractivity contribution is 5.82. The molecule has 0 fully saturated rings. The molecule has 0 aliphatic heterocycles. The van der Waals surface area contributed by atoms with E-state index >= 15 is 0 Å². The molecule has 1 atom stereocenters. The molecule has 0 aromatic carbocycles. The van der Waals surface area contributed by atoms with E-state index < -0.39 is 18.0 Å². The van der Waals surface area contributed by atoms with Gasteiger partial charge in [0.05, 0.1) is 12.5 Å². The average Bonchev–Trinajstić information content (AvgIpc) is 2.41. The summed E-state index contributed by atoms with van der Waals surface area (Å²) in [6, 6.07) is 0.608. The molecule has 0 aliphatic rings. The number of urea groups is 1. The molecule has 0 aromatic rings. The van der Waals surface area contributed by atoms with Crippen LogP contribution in [-0.4, -0.2) is 54.9 Å². The van der Waals surface area contributed by atoms with Crippen molar-refractivity contribution in [1.82, 2.24) is 10.2 Å². The number of carbonyl (C=O) groups excluding carboxylic acids is 1. The van der Waals surface area contributed by atoms with E-state index in [1.54, 1.807) is 7.11 Å². The van der Waals surface area contributed by atoms with E-state index in [-0.39, 0.29) is 12.3 Å². The monoisotopic (exact) mass is 299 g/mol. The summed E-state index contributed by atoms with van der Waals surface area (Å²) in [4.78, 5) is 24.8. The van der Waals surface area contributed by atoms with Gasteiger partial charge in [-0.2, -0.15) is 5.26 Å². The number of hydrogen-bond acceptors (Lipinski definition) is 4. The fraction of sp³-hybridized carbons (Fsp3) is 0.786. The van der Waals surface area contributed by atoms with E-state index in [9.17, 15) is 9.59 Å². The van der Waals surface area contributed by atoms with Gasteiger partial charge in [-0.25, -0.2) is 9.59 Å². The van der Waals surface area contributed by atoms with Crippen molar-refractivity contribution < 1.29 is 19.4 Å². The maximum atomic E-state index is 12.1. The van der Waals surface area contributed by atoms with Crippen molar-refractivity contribution in [2.24, 2.45) is 5.92 Å². The second-order valence-electron chi connectivity index (χ2n) is 5.22. The van der Waals surface area contributed by atoms with Crippen LogP contribution in [0.3, 0.4) is 0 Å². The van der Waals surface area contributed by atoms with Gasteiger partial charge < -0.3 is 20.1 Å². The first-order valence-electron chi connectivity index (χ1n) is 7.06. The van der Waals surface area contributed by atoms with E-state index in [4.69, 9.17) is 15.1 Å². The number of nitrogens with one attached hydrogen (secondary N) is 1. The van der Waals surface area contributed by atoms with Gasteiger partial charge in [-0.05, 0) is 18.8 Å². The largest absolute Gasteiger partial charge is 0.480 e. The van der Waals surface area contributed by atoms with Crippen LogP contribution in [0.5, 0.6) is 0 Å². The zero-order valence-electron chi connectivity index (χ0n) is 13.0. The molecule has 0 rings (SSSR count). The molecule has 0 radical (unpaired) electrons. The van der Waals surface area contributed by atoms with Gasteiger partial charge >= 0.3 is 12.0 Å². The molecule has 2 N–H and O–H groups in total. The number of carboxylic acids is 1. The topological polar surface area (TPSA) is 103 Å². The Kier molecular flexibility index (Phi) is 9.98. The summed E-state index contributed by atoms with van der Waals surface area (Å²) in [5, 5.41) is 20.3. The zero-order chi connectivity index (χ0) is 16.3. The quantitative estimate of drug-likeness (QED) is 0.594. The van der Waals surface area contributed by atoms with Crippen LogP contribution in [0.4, 0.5) is 4.79 Å². The smallest absolute Gasteiger partial charge is 0.326 e. The van der Waals surface area contributed by atoms with Gasteiger partial charge in [0.25, 0.3) is 0 Å². The van der Waals surface area contributed by atoms with Crippen molar-refractivity contribution in [2.45, 2.75) is 39.2 Å². The molecule has 1 unspecified atom stereocenters. The number of nitrogens with zero attached hydrogens (tertiary/aromatic N) is 2. The number of hydrogen-bond donors (Lipinski definition) is 2. The lowest BCUT2D eigenvalue weighted by Gasteiger charge is -2.26. The summed E-state index contributed by atoms with van der Waals surface area (Å²) >= 11 is 0. The number of carboxylic acid groups (broad SMARTS) is 1. The molecule has 0 aromatic heterocycles. The minimum atomic E-state index is -1.07.